The predicted molar refractivity (Wildman–Crippen MR) is 70.7 cm³/mol. The van der Waals surface area contributed by atoms with E-state index in [1.165, 1.54) is 0 Å². The minimum absolute atomic E-state index is 0.601. The number of methoxy groups -OCH3 is 1. The molecule has 1 heterocycles. The number of nitrogens with one attached hydrogen (secondary N) is 1. The summed E-state index contributed by atoms with van der Waals surface area (Å²) in [6.45, 7) is 1.99. The molecule has 0 saturated carbocycles. The average molecular weight is 267 g/mol. The highest BCUT2D eigenvalue weighted by Crippen LogP contribution is 2.15. The van der Waals surface area contributed by atoms with Gasteiger partial charge in [0, 0.05) is 24.4 Å². The van der Waals surface area contributed by atoms with Gasteiger partial charge in [-0.3, -0.25) is 0 Å². The fraction of sp³-hybridized carbons (Fsp3) is 0.333. The number of ether oxygens (including phenoxy) is 1. The van der Waals surface area contributed by atoms with Crippen LogP contribution in [-0.2, 0) is 17.8 Å². The molecule has 0 saturated heterocycles. The fourth-order valence-electron chi connectivity index (χ4n) is 1.57. The van der Waals surface area contributed by atoms with Crippen molar-refractivity contribution < 1.29 is 4.74 Å². The molecule has 1 aromatic heterocycles. The van der Waals surface area contributed by atoms with E-state index in [1.807, 2.05) is 28.8 Å². The van der Waals surface area contributed by atoms with Crippen molar-refractivity contribution in [2.24, 2.45) is 0 Å². The standard InChI is InChI=1S/C12H15ClN4O/c1-18-6-5-17-9-15-16-12(17)8-14-11-4-2-3-10(13)7-11/h2-4,7,9,14H,5-6,8H2,1H3. The van der Waals surface area contributed by atoms with E-state index < -0.39 is 0 Å². The minimum Gasteiger partial charge on any atom is -0.383 e. The van der Waals surface area contributed by atoms with E-state index in [0.29, 0.717) is 18.2 Å². The van der Waals surface area contributed by atoms with E-state index in [4.69, 9.17) is 16.3 Å². The average Bonchev–Trinajstić information content (AvgIpc) is 2.81. The molecule has 0 aliphatic carbocycles. The lowest BCUT2D eigenvalue weighted by atomic mass is 10.3. The van der Waals surface area contributed by atoms with Gasteiger partial charge in [0.15, 0.2) is 5.82 Å². The van der Waals surface area contributed by atoms with Crippen LogP contribution in [0.5, 0.6) is 0 Å². The van der Waals surface area contributed by atoms with Crippen molar-refractivity contribution in [2.45, 2.75) is 13.1 Å². The number of rotatable bonds is 6. The molecule has 0 radical (unpaired) electrons. The second kappa shape index (κ2) is 6.37. The van der Waals surface area contributed by atoms with Crippen LogP contribution in [0.25, 0.3) is 0 Å². The van der Waals surface area contributed by atoms with E-state index in [2.05, 4.69) is 15.5 Å². The second-order valence-corrected chi connectivity index (χ2v) is 4.23. The molecule has 0 spiro atoms. The molecule has 1 N–H and O–H groups in total. The molecule has 0 atom stereocenters. The highest BCUT2D eigenvalue weighted by atomic mass is 35.5. The first-order chi connectivity index (χ1) is 8.79. The number of nitrogens with zero attached hydrogens (tertiary/aromatic N) is 3. The van der Waals surface area contributed by atoms with Gasteiger partial charge in [-0.15, -0.1) is 10.2 Å². The summed E-state index contributed by atoms with van der Waals surface area (Å²) < 4.78 is 6.99. The summed E-state index contributed by atoms with van der Waals surface area (Å²) >= 11 is 5.92. The first-order valence-electron chi connectivity index (χ1n) is 5.64. The van der Waals surface area contributed by atoms with E-state index in [9.17, 15) is 0 Å². The van der Waals surface area contributed by atoms with Crippen LogP contribution in [0.3, 0.4) is 0 Å². The minimum atomic E-state index is 0.601. The number of hydrogen-bond acceptors (Lipinski definition) is 4. The molecule has 0 aliphatic rings. The molecule has 2 aromatic rings. The van der Waals surface area contributed by atoms with Gasteiger partial charge in [-0.25, -0.2) is 0 Å². The first-order valence-corrected chi connectivity index (χ1v) is 6.02. The van der Waals surface area contributed by atoms with Crippen molar-refractivity contribution >= 4 is 17.3 Å². The largest absolute Gasteiger partial charge is 0.383 e. The SMILES string of the molecule is COCCn1cnnc1CNc1cccc(Cl)c1. The Bertz CT molecular complexity index is 500. The molecule has 5 nitrogen and oxygen atoms in total. The molecule has 0 aliphatic heterocycles. The summed E-state index contributed by atoms with van der Waals surface area (Å²) in [5.74, 6) is 0.868. The first kappa shape index (κ1) is 12.9. The van der Waals surface area contributed by atoms with Gasteiger partial charge in [0.25, 0.3) is 0 Å². The molecule has 18 heavy (non-hydrogen) atoms. The van der Waals surface area contributed by atoms with E-state index in [1.54, 1.807) is 13.4 Å². The molecule has 0 unspecified atom stereocenters. The number of hydrogen-bond donors (Lipinski definition) is 1. The van der Waals surface area contributed by atoms with Crippen LogP contribution < -0.4 is 5.32 Å². The summed E-state index contributed by atoms with van der Waals surface area (Å²) in [6.07, 6.45) is 1.70. The van der Waals surface area contributed by atoms with Crippen molar-refractivity contribution in [2.75, 3.05) is 19.0 Å². The third-order valence-corrected chi connectivity index (χ3v) is 2.74. The zero-order valence-corrected chi connectivity index (χ0v) is 10.9. The fourth-order valence-corrected chi connectivity index (χ4v) is 1.76. The summed E-state index contributed by atoms with van der Waals surface area (Å²) in [5, 5.41) is 11.9. The van der Waals surface area contributed by atoms with Gasteiger partial charge in [-0.1, -0.05) is 17.7 Å². The highest BCUT2D eigenvalue weighted by molar-refractivity contribution is 6.30. The Kier molecular flexibility index (Phi) is 4.55. The predicted octanol–water partition coefficient (Wildman–Crippen LogP) is 2.19. The van der Waals surface area contributed by atoms with Gasteiger partial charge in [0.05, 0.1) is 13.2 Å². The Hall–Kier alpha value is -1.59. The lowest BCUT2D eigenvalue weighted by Crippen LogP contribution is -2.11. The van der Waals surface area contributed by atoms with Crippen LogP contribution in [0, 0.1) is 0 Å². The monoisotopic (exact) mass is 266 g/mol. The maximum absolute atomic E-state index is 5.92. The summed E-state index contributed by atoms with van der Waals surface area (Å²) in [6, 6.07) is 7.58. The van der Waals surface area contributed by atoms with Gasteiger partial charge in [0.2, 0.25) is 0 Å². The molecule has 1 aromatic carbocycles. The third kappa shape index (κ3) is 3.45. The number of anilines is 1. The van der Waals surface area contributed by atoms with E-state index >= 15 is 0 Å². The Labute approximate surface area is 111 Å². The van der Waals surface area contributed by atoms with Gasteiger partial charge in [-0.2, -0.15) is 0 Å². The lowest BCUT2D eigenvalue weighted by molar-refractivity contribution is 0.186. The molecule has 2 rings (SSSR count). The van der Waals surface area contributed by atoms with Crippen LogP contribution in [0.15, 0.2) is 30.6 Å². The molecule has 0 amide bonds. The maximum atomic E-state index is 5.92. The van der Waals surface area contributed by atoms with Crippen molar-refractivity contribution in [3.05, 3.63) is 41.4 Å². The highest BCUT2D eigenvalue weighted by Gasteiger charge is 2.03. The molecule has 0 bridgehead atoms. The van der Waals surface area contributed by atoms with Crippen molar-refractivity contribution in [1.82, 2.24) is 14.8 Å². The van der Waals surface area contributed by atoms with Crippen molar-refractivity contribution in [3.63, 3.8) is 0 Å². The summed E-state index contributed by atoms with van der Waals surface area (Å²) in [5.41, 5.74) is 0.962. The Balaban J connectivity index is 1.95. The lowest BCUT2D eigenvalue weighted by Gasteiger charge is -2.08. The van der Waals surface area contributed by atoms with E-state index in [-0.39, 0.29) is 0 Å². The molecular formula is C12H15ClN4O. The summed E-state index contributed by atoms with van der Waals surface area (Å²) in [7, 11) is 1.67. The molecule has 6 heteroatoms. The quantitative estimate of drug-likeness (QED) is 0.871. The zero-order valence-electron chi connectivity index (χ0n) is 10.1. The Morgan fingerprint density at radius 1 is 1.44 bits per heavy atom. The molecule has 0 fully saturated rings. The third-order valence-electron chi connectivity index (χ3n) is 2.51. The van der Waals surface area contributed by atoms with Crippen LogP contribution in [-0.4, -0.2) is 28.5 Å². The smallest absolute Gasteiger partial charge is 0.152 e. The number of halogens is 1. The zero-order chi connectivity index (χ0) is 12.8. The van der Waals surface area contributed by atoms with Crippen molar-refractivity contribution in [1.29, 1.82) is 0 Å². The maximum Gasteiger partial charge on any atom is 0.152 e. The molecular weight excluding hydrogens is 252 g/mol. The van der Waals surface area contributed by atoms with Crippen molar-refractivity contribution in [3.8, 4) is 0 Å². The van der Waals surface area contributed by atoms with E-state index in [0.717, 1.165) is 18.1 Å². The van der Waals surface area contributed by atoms with Gasteiger partial charge in [0.1, 0.15) is 6.33 Å². The van der Waals surface area contributed by atoms with Gasteiger partial charge < -0.3 is 14.6 Å². The normalized spacial score (nSPS) is 10.6. The topological polar surface area (TPSA) is 52.0 Å². The van der Waals surface area contributed by atoms with Gasteiger partial charge >= 0.3 is 0 Å². The second-order valence-electron chi connectivity index (χ2n) is 3.80. The van der Waals surface area contributed by atoms with Crippen LogP contribution >= 0.6 is 11.6 Å². The number of benzene rings is 1. The Morgan fingerprint density at radius 3 is 3.11 bits per heavy atom. The van der Waals surface area contributed by atoms with Crippen LogP contribution in [0.4, 0.5) is 5.69 Å². The summed E-state index contributed by atoms with van der Waals surface area (Å²) in [4.78, 5) is 0. The van der Waals surface area contributed by atoms with Gasteiger partial charge in [-0.05, 0) is 18.2 Å². The Morgan fingerprint density at radius 2 is 2.33 bits per heavy atom. The van der Waals surface area contributed by atoms with Crippen LogP contribution in [0.2, 0.25) is 5.02 Å². The number of aromatic nitrogens is 3. The molecule has 96 valence electrons. The van der Waals surface area contributed by atoms with Crippen LogP contribution in [0.1, 0.15) is 5.82 Å².